The molecule has 0 aromatic carbocycles. The number of likely N-dealkylation sites (N-methyl/N-ethyl adjacent to an activating group) is 1. The van der Waals surface area contributed by atoms with Gasteiger partial charge in [0.25, 0.3) is 0 Å². The van der Waals surface area contributed by atoms with Gasteiger partial charge < -0.3 is 10.6 Å². The molecule has 0 aliphatic heterocycles. The van der Waals surface area contributed by atoms with Crippen molar-refractivity contribution >= 4 is 17.7 Å². The van der Waals surface area contributed by atoms with E-state index in [0.717, 1.165) is 6.42 Å². The zero-order valence-electron chi connectivity index (χ0n) is 8.30. The largest absolute Gasteiger partial charge is 0.351 e. The number of hydrogen-bond donors (Lipinski definition) is 2. The molecule has 0 bridgehead atoms. The van der Waals surface area contributed by atoms with Gasteiger partial charge in [0.05, 0.1) is 6.54 Å². The quantitative estimate of drug-likeness (QED) is 0.701. The lowest BCUT2D eigenvalue weighted by Gasteiger charge is -2.18. The third kappa shape index (κ3) is 3.19. The van der Waals surface area contributed by atoms with Crippen LogP contribution < -0.4 is 10.6 Å². The van der Waals surface area contributed by atoms with Crippen molar-refractivity contribution in [3.63, 3.8) is 0 Å². The predicted molar refractivity (Wildman–Crippen MR) is 57.0 cm³/mol. The van der Waals surface area contributed by atoms with Crippen molar-refractivity contribution in [2.45, 2.75) is 30.6 Å². The number of hydrogen-bond acceptors (Lipinski definition) is 3. The van der Waals surface area contributed by atoms with E-state index in [-0.39, 0.29) is 5.91 Å². The minimum atomic E-state index is 0.119. The summed E-state index contributed by atoms with van der Waals surface area (Å²) in [7, 11) is 1.79. The molecule has 3 nitrogen and oxygen atoms in total. The Morgan fingerprint density at radius 2 is 2.31 bits per heavy atom. The summed E-state index contributed by atoms with van der Waals surface area (Å²) in [5.74, 6) is 0.119. The summed E-state index contributed by atoms with van der Waals surface area (Å²) >= 11 is 1.87. The number of carbonyl (C=O) groups is 1. The fourth-order valence-electron chi connectivity index (χ4n) is 1.79. The van der Waals surface area contributed by atoms with Crippen LogP contribution in [0.1, 0.15) is 19.3 Å². The summed E-state index contributed by atoms with van der Waals surface area (Å²) in [4.78, 5) is 11.3. The molecule has 2 unspecified atom stereocenters. The highest BCUT2D eigenvalue weighted by Gasteiger charge is 2.27. The Kier molecular flexibility index (Phi) is 4.59. The highest BCUT2D eigenvalue weighted by molar-refractivity contribution is 7.99. The zero-order valence-corrected chi connectivity index (χ0v) is 9.12. The lowest BCUT2D eigenvalue weighted by molar-refractivity contribution is -0.120. The van der Waals surface area contributed by atoms with Crippen LogP contribution in [0.25, 0.3) is 0 Å². The number of rotatable bonds is 4. The van der Waals surface area contributed by atoms with Crippen LogP contribution >= 0.6 is 11.8 Å². The maximum Gasteiger partial charge on any atom is 0.234 e. The first-order valence-electron chi connectivity index (χ1n) is 4.74. The second-order valence-electron chi connectivity index (χ2n) is 3.41. The van der Waals surface area contributed by atoms with Crippen molar-refractivity contribution in [3.8, 4) is 0 Å². The van der Waals surface area contributed by atoms with Gasteiger partial charge in [-0.1, -0.05) is 6.42 Å². The number of amides is 1. The molecule has 4 heteroatoms. The second kappa shape index (κ2) is 5.50. The van der Waals surface area contributed by atoms with Gasteiger partial charge in [0.1, 0.15) is 0 Å². The Morgan fingerprint density at radius 3 is 2.92 bits per heavy atom. The highest BCUT2D eigenvalue weighted by Crippen LogP contribution is 2.28. The molecule has 0 aromatic rings. The summed E-state index contributed by atoms with van der Waals surface area (Å²) in [6.07, 6.45) is 5.75. The van der Waals surface area contributed by atoms with Crippen LogP contribution in [0.5, 0.6) is 0 Å². The average Bonchev–Trinajstić information content (AvgIpc) is 2.52. The minimum Gasteiger partial charge on any atom is -0.351 e. The van der Waals surface area contributed by atoms with Gasteiger partial charge in [-0.15, -0.1) is 0 Å². The van der Waals surface area contributed by atoms with Crippen LogP contribution in [0.3, 0.4) is 0 Å². The predicted octanol–water partition coefficient (Wildman–Crippen LogP) is 0.606. The number of thioether (sulfide) groups is 1. The highest BCUT2D eigenvalue weighted by atomic mass is 32.2. The molecule has 1 fully saturated rings. The first kappa shape index (κ1) is 10.9. The SMILES string of the molecule is CNCC(=O)NC1CCCC1SC. The van der Waals surface area contributed by atoms with Crippen molar-refractivity contribution in [1.29, 1.82) is 0 Å². The van der Waals surface area contributed by atoms with Crippen molar-refractivity contribution in [2.75, 3.05) is 19.8 Å². The van der Waals surface area contributed by atoms with E-state index in [0.29, 0.717) is 17.8 Å². The summed E-state index contributed by atoms with van der Waals surface area (Å²) in [6, 6.07) is 0.399. The van der Waals surface area contributed by atoms with E-state index >= 15 is 0 Å². The molecule has 1 rings (SSSR count). The Labute approximate surface area is 84.0 Å². The molecule has 0 heterocycles. The van der Waals surface area contributed by atoms with Crippen LogP contribution in [-0.4, -0.2) is 37.0 Å². The maximum absolute atomic E-state index is 11.3. The molecule has 0 saturated heterocycles. The van der Waals surface area contributed by atoms with E-state index in [4.69, 9.17) is 0 Å². The topological polar surface area (TPSA) is 41.1 Å². The van der Waals surface area contributed by atoms with Gasteiger partial charge >= 0.3 is 0 Å². The van der Waals surface area contributed by atoms with Gasteiger partial charge in [-0.05, 0) is 26.1 Å². The molecule has 2 atom stereocenters. The van der Waals surface area contributed by atoms with Crippen molar-refractivity contribution in [3.05, 3.63) is 0 Å². The standard InChI is InChI=1S/C9H18N2OS/c1-10-6-9(12)11-7-4-3-5-8(7)13-2/h7-8,10H,3-6H2,1-2H3,(H,11,12). The third-order valence-corrected chi connectivity index (χ3v) is 3.61. The van der Waals surface area contributed by atoms with E-state index in [1.807, 2.05) is 11.8 Å². The first-order chi connectivity index (χ1) is 6.27. The lowest BCUT2D eigenvalue weighted by atomic mass is 10.2. The maximum atomic E-state index is 11.3. The molecule has 1 aliphatic carbocycles. The van der Waals surface area contributed by atoms with Crippen molar-refractivity contribution in [1.82, 2.24) is 10.6 Å². The van der Waals surface area contributed by atoms with Gasteiger partial charge in [0.15, 0.2) is 0 Å². The monoisotopic (exact) mass is 202 g/mol. The Bertz CT molecular complexity index is 175. The third-order valence-electron chi connectivity index (χ3n) is 2.44. The Morgan fingerprint density at radius 1 is 1.54 bits per heavy atom. The molecule has 1 amide bonds. The van der Waals surface area contributed by atoms with Gasteiger partial charge in [0, 0.05) is 11.3 Å². The molecule has 2 N–H and O–H groups in total. The number of carbonyl (C=O) groups excluding carboxylic acids is 1. The van der Waals surface area contributed by atoms with E-state index in [1.54, 1.807) is 7.05 Å². The second-order valence-corrected chi connectivity index (χ2v) is 4.49. The lowest BCUT2D eigenvalue weighted by Crippen LogP contribution is -2.42. The van der Waals surface area contributed by atoms with Gasteiger partial charge in [0.2, 0.25) is 5.91 Å². The molecule has 1 aliphatic rings. The van der Waals surface area contributed by atoms with Crippen LogP contribution in [0.2, 0.25) is 0 Å². The van der Waals surface area contributed by atoms with Crippen LogP contribution in [0, 0.1) is 0 Å². The molecule has 13 heavy (non-hydrogen) atoms. The molecular weight excluding hydrogens is 184 g/mol. The van der Waals surface area contributed by atoms with Crippen molar-refractivity contribution < 1.29 is 4.79 Å². The summed E-state index contributed by atoms with van der Waals surface area (Å²) < 4.78 is 0. The van der Waals surface area contributed by atoms with E-state index < -0.39 is 0 Å². The molecule has 0 spiro atoms. The number of nitrogens with one attached hydrogen (secondary N) is 2. The van der Waals surface area contributed by atoms with Gasteiger partial charge in [-0.2, -0.15) is 11.8 Å². The molecule has 76 valence electrons. The van der Waals surface area contributed by atoms with Crippen LogP contribution in [0.15, 0.2) is 0 Å². The van der Waals surface area contributed by atoms with Crippen LogP contribution in [0.4, 0.5) is 0 Å². The normalized spacial score (nSPS) is 27.5. The van der Waals surface area contributed by atoms with Gasteiger partial charge in [-0.3, -0.25) is 4.79 Å². The summed E-state index contributed by atoms with van der Waals surface area (Å²) in [5, 5.41) is 6.54. The van der Waals surface area contributed by atoms with E-state index in [2.05, 4.69) is 16.9 Å². The smallest absolute Gasteiger partial charge is 0.234 e. The summed E-state index contributed by atoms with van der Waals surface area (Å²) in [6.45, 7) is 0.428. The first-order valence-corrected chi connectivity index (χ1v) is 6.03. The van der Waals surface area contributed by atoms with Crippen LogP contribution in [-0.2, 0) is 4.79 Å². The molecule has 0 radical (unpaired) electrons. The fourth-order valence-corrected chi connectivity index (χ4v) is 2.73. The zero-order chi connectivity index (χ0) is 9.68. The average molecular weight is 202 g/mol. The van der Waals surface area contributed by atoms with Gasteiger partial charge in [-0.25, -0.2) is 0 Å². The molecule has 0 aromatic heterocycles. The van der Waals surface area contributed by atoms with E-state index in [1.165, 1.54) is 12.8 Å². The Balaban J connectivity index is 2.30. The summed E-state index contributed by atoms with van der Waals surface area (Å²) in [5.41, 5.74) is 0. The molecular formula is C9H18N2OS. The Hall–Kier alpha value is -0.220. The minimum absolute atomic E-state index is 0.119. The fraction of sp³-hybridized carbons (Fsp3) is 0.889. The van der Waals surface area contributed by atoms with Crippen molar-refractivity contribution in [2.24, 2.45) is 0 Å². The molecule has 1 saturated carbocycles. The van der Waals surface area contributed by atoms with E-state index in [9.17, 15) is 4.79 Å².